The maximum atomic E-state index is 14.3. The third kappa shape index (κ3) is 2.40. The van der Waals surface area contributed by atoms with E-state index in [-0.39, 0.29) is 19.0 Å². The Bertz CT molecular complexity index is 967. The molecule has 24 heavy (non-hydrogen) atoms. The fourth-order valence-corrected chi connectivity index (χ4v) is 2.93. The van der Waals surface area contributed by atoms with E-state index in [9.17, 15) is 9.50 Å². The number of nitrogens with zero attached hydrogens (tertiary/aromatic N) is 4. The van der Waals surface area contributed by atoms with Gasteiger partial charge in [-0.2, -0.15) is 0 Å². The number of benzene rings is 2. The molecule has 2 heterocycles. The van der Waals surface area contributed by atoms with Crippen LogP contribution in [0.3, 0.4) is 0 Å². The summed E-state index contributed by atoms with van der Waals surface area (Å²) in [6.07, 6.45) is 0. The minimum Gasteiger partial charge on any atom is -0.388 e. The maximum absolute atomic E-state index is 14.3. The number of hydrogen-bond acceptors (Lipinski definition) is 4. The lowest BCUT2D eigenvalue weighted by Crippen LogP contribution is -2.10. The van der Waals surface area contributed by atoms with Gasteiger partial charge in [0.05, 0.1) is 17.9 Å². The number of aromatic nitrogens is 3. The predicted octanol–water partition coefficient (Wildman–Crippen LogP) is 2.90. The maximum Gasteiger partial charge on any atom is 0.176 e. The van der Waals surface area contributed by atoms with E-state index in [1.807, 2.05) is 0 Å². The quantitative estimate of drug-likeness (QED) is 0.779. The number of aliphatic hydroxyl groups is 1. The SMILES string of the molecule is OCc1nc2n(n1)-c1ccc(Cl)cc1C(c1ccccc1F)=NC2. The van der Waals surface area contributed by atoms with E-state index in [2.05, 4.69) is 15.1 Å². The molecule has 7 heteroatoms. The van der Waals surface area contributed by atoms with Crippen LogP contribution in [0, 0.1) is 5.82 Å². The zero-order chi connectivity index (χ0) is 16.7. The number of aliphatic imine (C=N–C) groups is 1. The molecule has 0 amide bonds. The normalized spacial score (nSPS) is 13.0. The van der Waals surface area contributed by atoms with Crippen LogP contribution >= 0.6 is 11.6 Å². The number of halogens is 2. The van der Waals surface area contributed by atoms with Crippen LogP contribution in [0.15, 0.2) is 47.5 Å². The van der Waals surface area contributed by atoms with Crippen molar-refractivity contribution in [1.82, 2.24) is 14.8 Å². The van der Waals surface area contributed by atoms with Gasteiger partial charge >= 0.3 is 0 Å². The Morgan fingerprint density at radius 2 is 2.00 bits per heavy atom. The van der Waals surface area contributed by atoms with Crippen molar-refractivity contribution in [3.63, 3.8) is 0 Å². The molecule has 0 bridgehead atoms. The Morgan fingerprint density at radius 3 is 2.79 bits per heavy atom. The Morgan fingerprint density at radius 1 is 1.17 bits per heavy atom. The summed E-state index contributed by atoms with van der Waals surface area (Å²) in [4.78, 5) is 8.81. The number of rotatable bonds is 2. The van der Waals surface area contributed by atoms with Crippen molar-refractivity contribution in [1.29, 1.82) is 0 Å². The minimum absolute atomic E-state index is 0.225. The highest BCUT2D eigenvalue weighted by Gasteiger charge is 2.23. The fraction of sp³-hybridized carbons (Fsp3) is 0.118. The Labute approximate surface area is 142 Å². The molecule has 0 saturated carbocycles. The topological polar surface area (TPSA) is 63.3 Å². The first-order valence-corrected chi connectivity index (χ1v) is 7.70. The fourth-order valence-electron chi connectivity index (χ4n) is 2.76. The zero-order valence-electron chi connectivity index (χ0n) is 12.4. The molecule has 3 aromatic rings. The van der Waals surface area contributed by atoms with Gasteiger partial charge < -0.3 is 5.11 Å². The van der Waals surface area contributed by atoms with Crippen LogP contribution < -0.4 is 0 Å². The van der Waals surface area contributed by atoms with Gasteiger partial charge in [-0.3, -0.25) is 4.99 Å². The van der Waals surface area contributed by atoms with Crippen molar-refractivity contribution in [3.05, 3.63) is 76.1 Å². The van der Waals surface area contributed by atoms with Crippen molar-refractivity contribution >= 4 is 17.3 Å². The third-order valence-corrected chi connectivity index (χ3v) is 4.04. The molecule has 0 aliphatic carbocycles. The molecule has 1 aromatic heterocycles. The highest BCUT2D eigenvalue weighted by Crippen LogP contribution is 2.27. The van der Waals surface area contributed by atoms with Crippen molar-refractivity contribution in [2.45, 2.75) is 13.2 Å². The number of fused-ring (bicyclic) bond motifs is 3. The summed E-state index contributed by atoms with van der Waals surface area (Å²) < 4.78 is 15.9. The van der Waals surface area contributed by atoms with E-state index in [1.165, 1.54) is 6.07 Å². The second-order valence-electron chi connectivity index (χ2n) is 5.32. The Kier molecular flexibility index (Phi) is 3.63. The summed E-state index contributed by atoms with van der Waals surface area (Å²) in [5, 5.41) is 14.1. The molecule has 0 unspecified atom stereocenters. The first kappa shape index (κ1) is 15.0. The molecule has 0 radical (unpaired) electrons. The van der Waals surface area contributed by atoms with Crippen LogP contribution in [-0.4, -0.2) is 25.6 Å². The van der Waals surface area contributed by atoms with Crippen molar-refractivity contribution < 1.29 is 9.50 Å². The van der Waals surface area contributed by atoms with Crippen LogP contribution in [0.5, 0.6) is 0 Å². The molecule has 5 nitrogen and oxygen atoms in total. The van der Waals surface area contributed by atoms with Gasteiger partial charge in [0.25, 0.3) is 0 Å². The lowest BCUT2D eigenvalue weighted by Gasteiger charge is -2.11. The molecule has 1 aliphatic rings. The summed E-state index contributed by atoms with van der Waals surface area (Å²) in [6, 6.07) is 11.7. The van der Waals surface area contributed by atoms with Gasteiger partial charge in [-0.15, -0.1) is 5.10 Å². The molecule has 0 saturated heterocycles. The van der Waals surface area contributed by atoms with Crippen molar-refractivity contribution in [2.24, 2.45) is 4.99 Å². The van der Waals surface area contributed by atoms with E-state index >= 15 is 0 Å². The third-order valence-electron chi connectivity index (χ3n) is 3.81. The van der Waals surface area contributed by atoms with Crippen LogP contribution in [0.2, 0.25) is 5.02 Å². The van der Waals surface area contributed by atoms with E-state index in [1.54, 1.807) is 41.1 Å². The van der Waals surface area contributed by atoms with Gasteiger partial charge in [0.2, 0.25) is 0 Å². The molecule has 1 N–H and O–H groups in total. The van der Waals surface area contributed by atoms with Crippen LogP contribution in [0.1, 0.15) is 22.8 Å². The average Bonchev–Trinajstić information content (AvgIpc) is 2.94. The number of aliphatic hydroxyl groups excluding tert-OH is 1. The first-order valence-electron chi connectivity index (χ1n) is 7.32. The van der Waals surface area contributed by atoms with Gasteiger partial charge in [0.1, 0.15) is 12.4 Å². The number of hydrogen-bond donors (Lipinski definition) is 1. The zero-order valence-corrected chi connectivity index (χ0v) is 13.2. The van der Waals surface area contributed by atoms with Crippen LogP contribution in [-0.2, 0) is 13.2 Å². The lowest BCUT2D eigenvalue weighted by atomic mass is 10.00. The van der Waals surface area contributed by atoms with Crippen LogP contribution in [0.4, 0.5) is 4.39 Å². The molecular weight excluding hydrogens is 331 g/mol. The lowest BCUT2D eigenvalue weighted by molar-refractivity contribution is 0.271. The molecule has 0 spiro atoms. The van der Waals surface area contributed by atoms with Crippen molar-refractivity contribution in [2.75, 3.05) is 0 Å². The highest BCUT2D eigenvalue weighted by atomic mass is 35.5. The van der Waals surface area contributed by atoms with Gasteiger partial charge in [-0.05, 0) is 30.3 Å². The summed E-state index contributed by atoms with van der Waals surface area (Å²) in [5.41, 5.74) is 2.26. The Balaban J connectivity index is 1.98. The minimum atomic E-state index is -0.356. The van der Waals surface area contributed by atoms with E-state index < -0.39 is 0 Å². The van der Waals surface area contributed by atoms with Gasteiger partial charge in [0, 0.05) is 16.1 Å². The first-order chi connectivity index (χ1) is 11.7. The summed E-state index contributed by atoms with van der Waals surface area (Å²) in [6.45, 7) is -0.0320. The van der Waals surface area contributed by atoms with Crippen LogP contribution in [0.25, 0.3) is 5.69 Å². The molecule has 4 rings (SSSR count). The molecule has 2 aromatic carbocycles. The standard InChI is InChI=1S/C17H12ClFN4O/c18-10-5-6-14-12(7-10)17(11-3-1-2-4-13(11)19)20-8-16-21-15(9-24)22-23(14)16/h1-7,24H,8-9H2. The predicted molar refractivity (Wildman–Crippen MR) is 88.0 cm³/mol. The molecule has 120 valence electrons. The highest BCUT2D eigenvalue weighted by molar-refractivity contribution is 6.31. The molecule has 0 fully saturated rings. The Hall–Kier alpha value is -2.57. The monoisotopic (exact) mass is 342 g/mol. The van der Waals surface area contributed by atoms with E-state index in [0.29, 0.717) is 39.2 Å². The second-order valence-corrected chi connectivity index (χ2v) is 5.76. The molecule has 1 aliphatic heterocycles. The summed E-state index contributed by atoms with van der Waals surface area (Å²) in [5.74, 6) is 0.537. The van der Waals surface area contributed by atoms with Crippen molar-refractivity contribution in [3.8, 4) is 5.69 Å². The van der Waals surface area contributed by atoms with Gasteiger partial charge in [0.15, 0.2) is 11.6 Å². The molecule has 0 atom stereocenters. The summed E-state index contributed by atoms with van der Waals surface area (Å²) >= 11 is 6.15. The summed E-state index contributed by atoms with van der Waals surface area (Å²) in [7, 11) is 0. The average molecular weight is 343 g/mol. The van der Waals surface area contributed by atoms with E-state index in [0.717, 1.165) is 0 Å². The smallest absolute Gasteiger partial charge is 0.176 e. The van der Waals surface area contributed by atoms with E-state index in [4.69, 9.17) is 11.6 Å². The largest absolute Gasteiger partial charge is 0.388 e. The van der Waals surface area contributed by atoms with Gasteiger partial charge in [-0.25, -0.2) is 14.1 Å². The van der Waals surface area contributed by atoms with Gasteiger partial charge in [-0.1, -0.05) is 23.7 Å². The molecular formula is C17H12ClFN4O. The second kappa shape index (κ2) is 5.81.